The van der Waals surface area contributed by atoms with Crippen LogP contribution in [0.15, 0.2) is 72.8 Å². The molecule has 1 atom stereocenters. The molecule has 0 aliphatic heterocycles. The van der Waals surface area contributed by atoms with Gasteiger partial charge in [-0.1, -0.05) is 60.1 Å². The van der Waals surface area contributed by atoms with E-state index in [0.717, 1.165) is 5.56 Å². The highest BCUT2D eigenvalue weighted by molar-refractivity contribution is 6.31. The highest BCUT2D eigenvalue weighted by Gasteiger charge is 2.31. The summed E-state index contributed by atoms with van der Waals surface area (Å²) in [7, 11) is 0. The number of amides is 2. The summed E-state index contributed by atoms with van der Waals surface area (Å²) in [5, 5.41) is 3.03. The third-order valence-corrected chi connectivity index (χ3v) is 5.71. The van der Waals surface area contributed by atoms with Crippen molar-refractivity contribution in [3.8, 4) is 0 Å². The molecule has 0 heterocycles. The number of halogens is 3. The van der Waals surface area contributed by atoms with Gasteiger partial charge in [-0.15, -0.1) is 0 Å². The molecule has 0 bridgehead atoms. The molecule has 34 heavy (non-hydrogen) atoms. The lowest BCUT2D eigenvalue weighted by Crippen LogP contribution is -2.52. The van der Waals surface area contributed by atoms with Gasteiger partial charge in [0.1, 0.15) is 17.7 Å². The van der Waals surface area contributed by atoms with E-state index < -0.39 is 23.6 Å². The predicted octanol–water partition coefficient (Wildman–Crippen LogP) is 5.33. The smallest absolute Gasteiger partial charge is 0.243 e. The molecule has 0 aromatic heterocycles. The van der Waals surface area contributed by atoms with E-state index in [9.17, 15) is 18.4 Å². The van der Waals surface area contributed by atoms with E-state index >= 15 is 0 Å². The molecular weight excluding hydrogens is 458 g/mol. The van der Waals surface area contributed by atoms with Crippen LogP contribution in [0, 0.1) is 11.6 Å². The van der Waals surface area contributed by atoms with Crippen molar-refractivity contribution in [1.82, 2.24) is 10.2 Å². The minimum Gasteiger partial charge on any atom is -0.352 e. The minimum atomic E-state index is -0.868. The normalized spacial score (nSPS) is 11.8. The molecule has 4 nitrogen and oxygen atoms in total. The topological polar surface area (TPSA) is 49.4 Å². The second-order valence-corrected chi connectivity index (χ2v) is 8.80. The summed E-state index contributed by atoms with van der Waals surface area (Å²) in [6, 6.07) is 18.3. The fraction of sp³-hybridized carbons (Fsp3) is 0.259. The summed E-state index contributed by atoms with van der Waals surface area (Å²) in [5.41, 5.74) is 1.58. The summed E-state index contributed by atoms with van der Waals surface area (Å²) in [6.07, 6.45) is -0.0513. The van der Waals surface area contributed by atoms with E-state index in [0.29, 0.717) is 5.56 Å². The SMILES string of the molecule is CC(C)NC(=O)C(Cc1ccccc1)N(Cc1ccc(F)cc1)C(=O)Cc1c(F)cccc1Cl. The van der Waals surface area contributed by atoms with Crippen LogP contribution in [0.4, 0.5) is 8.78 Å². The molecule has 0 radical (unpaired) electrons. The van der Waals surface area contributed by atoms with Crippen LogP contribution in [0.2, 0.25) is 5.02 Å². The Morgan fingerprint density at radius 2 is 1.59 bits per heavy atom. The Morgan fingerprint density at radius 3 is 2.21 bits per heavy atom. The standard InChI is InChI=1S/C27H27ClF2N2O2/c1-18(2)31-27(34)25(15-19-7-4-3-5-8-19)32(17-20-11-13-21(29)14-12-20)26(33)16-22-23(28)9-6-10-24(22)30/h3-14,18,25H,15-17H2,1-2H3,(H,31,34). The first-order valence-corrected chi connectivity index (χ1v) is 11.4. The summed E-state index contributed by atoms with van der Waals surface area (Å²) in [4.78, 5) is 28.2. The Morgan fingerprint density at radius 1 is 0.912 bits per heavy atom. The third-order valence-electron chi connectivity index (χ3n) is 5.36. The molecule has 2 amide bonds. The molecule has 0 saturated carbocycles. The monoisotopic (exact) mass is 484 g/mol. The van der Waals surface area contributed by atoms with E-state index in [2.05, 4.69) is 5.32 Å². The molecule has 0 fully saturated rings. The van der Waals surface area contributed by atoms with Crippen LogP contribution in [0.3, 0.4) is 0 Å². The molecule has 1 N–H and O–H groups in total. The first kappa shape index (κ1) is 25.4. The van der Waals surface area contributed by atoms with Crippen molar-refractivity contribution in [2.75, 3.05) is 0 Å². The molecule has 0 aliphatic rings. The molecule has 178 valence electrons. The Bertz CT molecular complexity index is 1100. The van der Waals surface area contributed by atoms with Crippen molar-refractivity contribution in [1.29, 1.82) is 0 Å². The average molecular weight is 485 g/mol. The van der Waals surface area contributed by atoms with Crippen LogP contribution in [0.1, 0.15) is 30.5 Å². The second-order valence-electron chi connectivity index (χ2n) is 8.39. The first-order valence-electron chi connectivity index (χ1n) is 11.1. The van der Waals surface area contributed by atoms with Gasteiger partial charge >= 0.3 is 0 Å². The van der Waals surface area contributed by atoms with Crippen LogP contribution < -0.4 is 5.32 Å². The fourth-order valence-electron chi connectivity index (χ4n) is 3.68. The molecule has 0 aliphatic carbocycles. The van der Waals surface area contributed by atoms with Crippen molar-refractivity contribution in [3.63, 3.8) is 0 Å². The zero-order valence-corrected chi connectivity index (χ0v) is 19.9. The summed E-state index contributed by atoms with van der Waals surface area (Å²) in [6.45, 7) is 3.72. The quantitative estimate of drug-likeness (QED) is 0.446. The van der Waals surface area contributed by atoms with Gasteiger partial charge in [0.25, 0.3) is 0 Å². The zero-order valence-electron chi connectivity index (χ0n) is 19.1. The van der Waals surface area contributed by atoms with Crippen molar-refractivity contribution < 1.29 is 18.4 Å². The summed E-state index contributed by atoms with van der Waals surface area (Å²) < 4.78 is 27.9. The lowest BCUT2D eigenvalue weighted by atomic mass is 10.0. The van der Waals surface area contributed by atoms with Gasteiger partial charge in [0.05, 0.1) is 6.42 Å². The zero-order chi connectivity index (χ0) is 24.7. The summed E-state index contributed by atoms with van der Waals surface area (Å²) in [5.74, 6) is -1.78. The van der Waals surface area contributed by atoms with E-state index in [1.54, 1.807) is 12.1 Å². The lowest BCUT2D eigenvalue weighted by molar-refractivity contribution is -0.141. The summed E-state index contributed by atoms with van der Waals surface area (Å²) >= 11 is 6.16. The van der Waals surface area contributed by atoms with Gasteiger partial charge in [-0.25, -0.2) is 8.78 Å². The third kappa shape index (κ3) is 6.87. The first-order chi connectivity index (χ1) is 16.2. The number of rotatable bonds is 9. The number of hydrogen-bond acceptors (Lipinski definition) is 2. The molecule has 0 saturated heterocycles. The van der Waals surface area contributed by atoms with Crippen molar-refractivity contribution in [3.05, 3.63) is 106 Å². The number of carbonyl (C=O) groups is 2. The Kier molecular flexibility index (Phi) is 8.77. The Hall–Kier alpha value is -3.25. The van der Waals surface area contributed by atoms with E-state index in [-0.39, 0.29) is 41.9 Å². The number of benzene rings is 3. The van der Waals surface area contributed by atoms with Crippen LogP contribution in [0.5, 0.6) is 0 Å². The number of carbonyl (C=O) groups excluding carboxylic acids is 2. The van der Waals surface area contributed by atoms with Crippen LogP contribution in [0.25, 0.3) is 0 Å². The number of nitrogens with zero attached hydrogens (tertiary/aromatic N) is 1. The van der Waals surface area contributed by atoms with Crippen LogP contribution in [-0.2, 0) is 29.0 Å². The van der Waals surface area contributed by atoms with Crippen molar-refractivity contribution in [2.45, 2.75) is 45.3 Å². The molecule has 0 spiro atoms. The molecule has 3 aromatic rings. The van der Waals surface area contributed by atoms with Gasteiger partial charge in [-0.3, -0.25) is 9.59 Å². The van der Waals surface area contributed by atoms with Gasteiger partial charge in [-0.2, -0.15) is 0 Å². The maximum Gasteiger partial charge on any atom is 0.243 e. The Balaban J connectivity index is 2.00. The van der Waals surface area contributed by atoms with Gasteiger partial charge in [0.15, 0.2) is 0 Å². The van der Waals surface area contributed by atoms with Crippen LogP contribution in [-0.4, -0.2) is 28.8 Å². The van der Waals surface area contributed by atoms with Crippen molar-refractivity contribution >= 4 is 23.4 Å². The van der Waals surface area contributed by atoms with Gasteiger partial charge in [0, 0.05) is 29.6 Å². The molecule has 3 aromatic carbocycles. The highest BCUT2D eigenvalue weighted by atomic mass is 35.5. The predicted molar refractivity (Wildman–Crippen MR) is 129 cm³/mol. The maximum absolute atomic E-state index is 14.4. The van der Waals surface area contributed by atoms with E-state index in [1.165, 1.54) is 35.2 Å². The van der Waals surface area contributed by atoms with Gasteiger partial charge in [0.2, 0.25) is 11.8 Å². The van der Waals surface area contributed by atoms with Gasteiger partial charge in [-0.05, 0) is 49.2 Å². The molecule has 7 heteroatoms. The van der Waals surface area contributed by atoms with E-state index in [4.69, 9.17) is 11.6 Å². The van der Waals surface area contributed by atoms with E-state index in [1.807, 2.05) is 44.2 Å². The number of nitrogens with one attached hydrogen (secondary N) is 1. The average Bonchev–Trinajstić information content (AvgIpc) is 2.80. The highest BCUT2D eigenvalue weighted by Crippen LogP contribution is 2.22. The second kappa shape index (κ2) is 11.7. The molecular formula is C27H27ClF2N2O2. The molecule has 1 unspecified atom stereocenters. The van der Waals surface area contributed by atoms with Gasteiger partial charge < -0.3 is 10.2 Å². The van der Waals surface area contributed by atoms with Crippen LogP contribution >= 0.6 is 11.6 Å². The Labute approximate surface area is 203 Å². The van der Waals surface area contributed by atoms with Crippen molar-refractivity contribution in [2.24, 2.45) is 0 Å². The molecule has 3 rings (SSSR count). The lowest BCUT2D eigenvalue weighted by Gasteiger charge is -2.32. The largest absolute Gasteiger partial charge is 0.352 e. The fourth-order valence-corrected chi connectivity index (χ4v) is 3.91. The maximum atomic E-state index is 14.4. The minimum absolute atomic E-state index is 0.0498. The number of hydrogen-bond donors (Lipinski definition) is 1.